The van der Waals surface area contributed by atoms with E-state index in [1.54, 1.807) is 24.3 Å². The first-order valence-corrected chi connectivity index (χ1v) is 6.32. The van der Waals surface area contributed by atoms with Gasteiger partial charge in [-0.3, -0.25) is 14.9 Å². The lowest BCUT2D eigenvalue weighted by atomic mass is 10.0. The SMILES string of the molecule is COc1ccc(C(NC(C)=O)C(C)(Br)[N+](=O)[O-])cc1. The normalized spacial score (nSPS) is 15.2. The van der Waals surface area contributed by atoms with Crippen LogP contribution in [0, 0.1) is 10.1 Å². The van der Waals surface area contributed by atoms with Gasteiger partial charge in [0.15, 0.2) is 0 Å². The van der Waals surface area contributed by atoms with E-state index in [0.717, 1.165) is 0 Å². The molecule has 0 bridgehead atoms. The van der Waals surface area contributed by atoms with E-state index in [9.17, 15) is 14.9 Å². The number of alkyl halides is 1. The molecule has 104 valence electrons. The summed E-state index contributed by atoms with van der Waals surface area (Å²) in [7, 11) is 1.53. The number of hydrogen-bond acceptors (Lipinski definition) is 4. The fraction of sp³-hybridized carbons (Fsp3) is 0.417. The van der Waals surface area contributed by atoms with Gasteiger partial charge in [-0.2, -0.15) is 0 Å². The van der Waals surface area contributed by atoms with Crippen LogP contribution >= 0.6 is 15.9 Å². The molecule has 1 N–H and O–H groups in total. The number of carbonyl (C=O) groups is 1. The minimum absolute atomic E-state index is 0.339. The fourth-order valence-corrected chi connectivity index (χ4v) is 2.00. The summed E-state index contributed by atoms with van der Waals surface area (Å²) in [6.07, 6.45) is 0. The second kappa shape index (κ2) is 6.01. The number of amides is 1. The molecule has 0 aliphatic rings. The van der Waals surface area contributed by atoms with E-state index >= 15 is 0 Å². The molecular formula is C12H15BrN2O4. The molecule has 0 radical (unpaired) electrons. The largest absolute Gasteiger partial charge is 0.497 e. The molecule has 1 aromatic rings. The number of nitrogens with zero attached hydrogens (tertiary/aromatic N) is 1. The quantitative estimate of drug-likeness (QED) is 0.388. The molecule has 0 spiro atoms. The minimum atomic E-state index is -1.49. The van der Waals surface area contributed by atoms with Crippen LogP contribution in [0.5, 0.6) is 5.75 Å². The second-order valence-corrected chi connectivity index (χ2v) is 5.79. The molecule has 1 aromatic carbocycles. The van der Waals surface area contributed by atoms with E-state index in [2.05, 4.69) is 21.2 Å². The van der Waals surface area contributed by atoms with Crippen molar-refractivity contribution in [1.29, 1.82) is 0 Å². The zero-order valence-electron chi connectivity index (χ0n) is 10.8. The third-order valence-electron chi connectivity index (χ3n) is 2.68. The molecular weight excluding hydrogens is 316 g/mol. The summed E-state index contributed by atoms with van der Waals surface area (Å²) >= 11 is 3.07. The van der Waals surface area contributed by atoms with Crippen LogP contribution in [0.25, 0.3) is 0 Å². The highest BCUT2D eigenvalue weighted by molar-refractivity contribution is 9.10. The number of benzene rings is 1. The number of nitrogens with one attached hydrogen (secondary N) is 1. The maximum atomic E-state index is 11.2. The summed E-state index contributed by atoms with van der Waals surface area (Å²) in [5.41, 5.74) is 0.618. The van der Waals surface area contributed by atoms with Crippen molar-refractivity contribution in [2.75, 3.05) is 7.11 Å². The third kappa shape index (κ3) is 3.66. The van der Waals surface area contributed by atoms with E-state index in [1.807, 2.05) is 0 Å². The first-order chi connectivity index (χ1) is 8.78. The first kappa shape index (κ1) is 15.4. The Labute approximate surface area is 119 Å². The van der Waals surface area contributed by atoms with Crippen LogP contribution in [0.1, 0.15) is 25.5 Å². The van der Waals surface area contributed by atoms with Crippen LogP contribution in [0.15, 0.2) is 24.3 Å². The number of carbonyl (C=O) groups excluding carboxylic acids is 1. The van der Waals surface area contributed by atoms with Crippen LogP contribution in [-0.4, -0.2) is 22.4 Å². The van der Waals surface area contributed by atoms with Crippen LogP contribution in [0.2, 0.25) is 0 Å². The Bertz CT molecular complexity index is 473. The smallest absolute Gasteiger partial charge is 0.295 e. The molecule has 0 fully saturated rings. The van der Waals surface area contributed by atoms with Gasteiger partial charge in [-0.1, -0.05) is 12.1 Å². The standard InChI is InChI=1S/C12H15BrN2O4/c1-8(16)14-11(12(2,13)15(17)18)9-4-6-10(19-3)7-5-9/h4-7,11H,1-3H3,(H,14,16). The number of methoxy groups -OCH3 is 1. The average Bonchev–Trinajstić information content (AvgIpc) is 2.35. The number of nitro groups is 1. The van der Waals surface area contributed by atoms with Crippen LogP contribution < -0.4 is 10.1 Å². The molecule has 7 heteroatoms. The second-order valence-electron chi connectivity index (χ2n) is 4.19. The highest BCUT2D eigenvalue weighted by Crippen LogP contribution is 2.34. The Morgan fingerprint density at radius 2 is 2.00 bits per heavy atom. The van der Waals surface area contributed by atoms with Crippen LogP contribution in [0.4, 0.5) is 0 Å². The van der Waals surface area contributed by atoms with Gasteiger partial charge in [0.25, 0.3) is 4.45 Å². The average molecular weight is 331 g/mol. The molecule has 0 saturated heterocycles. The molecule has 19 heavy (non-hydrogen) atoms. The summed E-state index contributed by atoms with van der Waals surface area (Å²) in [5, 5.41) is 13.7. The Morgan fingerprint density at radius 3 is 2.37 bits per heavy atom. The number of ether oxygens (including phenoxy) is 1. The monoisotopic (exact) mass is 330 g/mol. The van der Waals surface area contributed by atoms with Crippen LogP contribution in [-0.2, 0) is 4.79 Å². The molecule has 6 nitrogen and oxygen atoms in total. The van der Waals surface area contributed by atoms with Gasteiger partial charge in [-0.05, 0) is 17.7 Å². The van der Waals surface area contributed by atoms with Crippen molar-refractivity contribution in [3.05, 3.63) is 39.9 Å². The van der Waals surface area contributed by atoms with Crippen molar-refractivity contribution >= 4 is 21.8 Å². The van der Waals surface area contributed by atoms with Gasteiger partial charge in [0.1, 0.15) is 11.8 Å². The van der Waals surface area contributed by atoms with Gasteiger partial charge in [-0.25, -0.2) is 0 Å². The zero-order valence-corrected chi connectivity index (χ0v) is 12.4. The summed E-state index contributed by atoms with van der Waals surface area (Å²) in [6, 6.07) is 5.96. The van der Waals surface area contributed by atoms with E-state index < -0.39 is 15.4 Å². The molecule has 2 atom stereocenters. The van der Waals surface area contributed by atoms with Crippen molar-refractivity contribution in [1.82, 2.24) is 5.32 Å². The van der Waals surface area contributed by atoms with Gasteiger partial charge in [0.05, 0.1) is 7.11 Å². The lowest BCUT2D eigenvalue weighted by molar-refractivity contribution is -0.536. The summed E-state index contributed by atoms with van der Waals surface area (Å²) < 4.78 is 3.54. The van der Waals surface area contributed by atoms with Crippen molar-refractivity contribution in [2.45, 2.75) is 24.3 Å². The lowest BCUT2D eigenvalue weighted by Crippen LogP contribution is -2.44. The lowest BCUT2D eigenvalue weighted by Gasteiger charge is -2.26. The van der Waals surface area contributed by atoms with Crippen LogP contribution in [0.3, 0.4) is 0 Å². The summed E-state index contributed by atoms with van der Waals surface area (Å²) in [6.45, 7) is 2.72. The number of rotatable bonds is 5. The minimum Gasteiger partial charge on any atom is -0.497 e. The predicted octanol–water partition coefficient (Wildman–Crippen LogP) is 2.26. The zero-order chi connectivity index (χ0) is 14.6. The Hall–Kier alpha value is -1.63. The number of halogens is 1. The highest BCUT2D eigenvalue weighted by Gasteiger charge is 2.44. The van der Waals surface area contributed by atoms with Crippen molar-refractivity contribution in [3.8, 4) is 5.75 Å². The van der Waals surface area contributed by atoms with Gasteiger partial charge in [-0.15, -0.1) is 0 Å². The predicted molar refractivity (Wildman–Crippen MR) is 73.9 cm³/mol. The Kier molecular flexibility index (Phi) is 4.88. The molecule has 1 amide bonds. The maximum absolute atomic E-state index is 11.2. The maximum Gasteiger partial charge on any atom is 0.295 e. The third-order valence-corrected chi connectivity index (χ3v) is 3.43. The van der Waals surface area contributed by atoms with E-state index in [1.165, 1.54) is 21.0 Å². The number of hydrogen-bond donors (Lipinski definition) is 1. The molecule has 1 rings (SSSR count). The molecule has 0 aliphatic heterocycles. The Morgan fingerprint density at radius 1 is 1.47 bits per heavy atom. The van der Waals surface area contributed by atoms with Gasteiger partial charge < -0.3 is 10.1 Å². The first-order valence-electron chi connectivity index (χ1n) is 5.53. The van der Waals surface area contributed by atoms with E-state index in [4.69, 9.17) is 4.74 Å². The fourth-order valence-electron chi connectivity index (χ4n) is 1.62. The van der Waals surface area contributed by atoms with Crippen molar-refractivity contribution in [3.63, 3.8) is 0 Å². The van der Waals surface area contributed by atoms with Crippen molar-refractivity contribution < 1.29 is 14.5 Å². The van der Waals surface area contributed by atoms with E-state index in [0.29, 0.717) is 11.3 Å². The van der Waals surface area contributed by atoms with Gasteiger partial charge in [0.2, 0.25) is 5.91 Å². The topological polar surface area (TPSA) is 81.5 Å². The Balaban J connectivity index is 3.15. The summed E-state index contributed by atoms with van der Waals surface area (Å²) in [4.78, 5) is 21.9. The molecule has 0 aromatic heterocycles. The van der Waals surface area contributed by atoms with Crippen molar-refractivity contribution in [2.24, 2.45) is 0 Å². The molecule has 2 unspecified atom stereocenters. The molecule has 0 heterocycles. The molecule has 0 saturated carbocycles. The van der Waals surface area contributed by atoms with E-state index in [-0.39, 0.29) is 5.91 Å². The summed E-state index contributed by atoms with van der Waals surface area (Å²) in [5.74, 6) is 0.302. The highest BCUT2D eigenvalue weighted by atomic mass is 79.9. The van der Waals surface area contributed by atoms with Gasteiger partial charge in [0, 0.05) is 34.7 Å². The van der Waals surface area contributed by atoms with Gasteiger partial charge >= 0.3 is 0 Å². The molecule has 0 aliphatic carbocycles.